The summed E-state index contributed by atoms with van der Waals surface area (Å²) in [7, 11) is 0. The zero-order chi connectivity index (χ0) is 20.8. The highest BCUT2D eigenvalue weighted by atomic mass is 16.3. The van der Waals surface area contributed by atoms with Gasteiger partial charge in [-0.3, -0.25) is 0 Å². The molecule has 6 heteroatoms. The molecule has 0 radical (unpaired) electrons. The maximum atomic E-state index is 12.3. The minimum absolute atomic E-state index is 0.0399. The van der Waals surface area contributed by atoms with E-state index in [0.717, 1.165) is 41.0 Å². The Morgan fingerprint density at radius 1 is 1.10 bits per heavy atom. The molecular weight excluding hydrogens is 364 g/mol. The molecule has 0 fully saturated rings. The predicted molar refractivity (Wildman–Crippen MR) is 114 cm³/mol. The number of carbonyl (C=O) groups excluding carboxylic acids is 1. The number of phenolic OH excluding ortho intramolecular Hbond substituents is 1. The lowest BCUT2D eigenvalue weighted by atomic mass is 10.1. The molecular formula is C23H28N4O2. The molecule has 1 atom stereocenters. The third-order valence-electron chi connectivity index (χ3n) is 5.05. The third kappa shape index (κ3) is 5.38. The molecule has 1 aromatic heterocycles. The average Bonchev–Trinajstić information content (AvgIpc) is 3.00. The summed E-state index contributed by atoms with van der Waals surface area (Å²) in [5.41, 5.74) is 5.10. The number of aromatic nitrogens is 2. The number of para-hydroxylation sites is 1. The van der Waals surface area contributed by atoms with E-state index in [1.807, 2.05) is 67.9 Å². The Hall–Kier alpha value is -3.28. The van der Waals surface area contributed by atoms with E-state index in [1.165, 1.54) is 0 Å². The normalized spacial score (nSPS) is 11.8. The summed E-state index contributed by atoms with van der Waals surface area (Å²) in [6.45, 7) is 6.40. The van der Waals surface area contributed by atoms with E-state index in [0.29, 0.717) is 6.54 Å². The van der Waals surface area contributed by atoms with Gasteiger partial charge in [0.2, 0.25) is 0 Å². The van der Waals surface area contributed by atoms with E-state index in [2.05, 4.69) is 15.7 Å². The Bertz CT molecular complexity index is 949. The van der Waals surface area contributed by atoms with Crippen molar-refractivity contribution in [3.05, 3.63) is 77.1 Å². The van der Waals surface area contributed by atoms with Gasteiger partial charge in [-0.1, -0.05) is 30.3 Å². The van der Waals surface area contributed by atoms with Gasteiger partial charge in [-0.2, -0.15) is 5.10 Å². The van der Waals surface area contributed by atoms with Crippen LogP contribution in [-0.4, -0.2) is 27.0 Å². The maximum absolute atomic E-state index is 12.3. The fourth-order valence-electron chi connectivity index (χ4n) is 3.31. The molecule has 0 aliphatic heterocycles. The van der Waals surface area contributed by atoms with Gasteiger partial charge in [-0.05, 0) is 63.4 Å². The lowest BCUT2D eigenvalue weighted by Gasteiger charge is -2.15. The van der Waals surface area contributed by atoms with Crippen LogP contribution >= 0.6 is 0 Å². The first-order valence-electron chi connectivity index (χ1n) is 9.87. The molecule has 0 saturated heterocycles. The number of benzene rings is 2. The number of hydrogen-bond acceptors (Lipinski definition) is 3. The van der Waals surface area contributed by atoms with E-state index in [9.17, 15) is 9.90 Å². The van der Waals surface area contributed by atoms with Crippen molar-refractivity contribution in [2.24, 2.45) is 0 Å². The number of phenols is 1. The SMILES string of the molecule is Cc1nn(-c2ccccc2)c(C)c1CNC(=O)N[C@@H](C)CCc1ccc(O)cc1. The smallest absolute Gasteiger partial charge is 0.315 e. The first-order valence-corrected chi connectivity index (χ1v) is 9.87. The Morgan fingerprint density at radius 2 is 1.79 bits per heavy atom. The molecule has 0 spiro atoms. The van der Waals surface area contributed by atoms with E-state index >= 15 is 0 Å². The van der Waals surface area contributed by atoms with Gasteiger partial charge in [0, 0.05) is 23.8 Å². The summed E-state index contributed by atoms with van der Waals surface area (Å²) < 4.78 is 1.91. The van der Waals surface area contributed by atoms with Crippen molar-refractivity contribution in [1.29, 1.82) is 0 Å². The highest BCUT2D eigenvalue weighted by molar-refractivity contribution is 5.74. The van der Waals surface area contributed by atoms with Crippen LogP contribution in [0.2, 0.25) is 0 Å². The lowest BCUT2D eigenvalue weighted by molar-refractivity contribution is 0.237. The second kappa shape index (κ2) is 9.28. The van der Waals surface area contributed by atoms with Crippen LogP contribution in [0.25, 0.3) is 5.69 Å². The van der Waals surface area contributed by atoms with Gasteiger partial charge in [0.15, 0.2) is 0 Å². The van der Waals surface area contributed by atoms with Crippen LogP contribution in [0, 0.1) is 13.8 Å². The zero-order valence-corrected chi connectivity index (χ0v) is 17.1. The minimum atomic E-state index is -0.186. The lowest BCUT2D eigenvalue weighted by Crippen LogP contribution is -2.40. The summed E-state index contributed by atoms with van der Waals surface area (Å²) >= 11 is 0. The first-order chi connectivity index (χ1) is 13.9. The van der Waals surface area contributed by atoms with Crippen molar-refractivity contribution >= 4 is 6.03 Å². The van der Waals surface area contributed by atoms with Gasteiger partial charge in [0.05, 0.1) is 11.4 Å². The Labute approximate surface area is 171 Å². The van der Waals surface area contributed by atoms with Gasteiger partial charge < -0.3 is 15.7 Å². The van der Waals surface area contributed by atoms with Crippen molar-refractivity contribution in [1.82, 2.24) is 20.4 Å². The number of hydrogen-bond donors (Lipinski definition) is 3. The summed E-state index contributed by atoms with van der Waals surface area (Å²) in [5, 5.41) is 19.9. The molecule has 0 aliphatic carbocycles. The highest BCUT2D eigenvalue weighted by Gasteiger charge is 2.14. The largest absolute Gasteiger partial charge is 0.508 e. The van der Waals surface area contributed by atoms with Crippen LogP contribution in [0.4, 0.5) is 4.79 Å². The first kappa shape index (κ1) is 20.5. The van der Waals surface area contributed by atoms with Crippen molar-refractivity contribution in [2.75, 3.05) is 0 Å². The van der Waals surface area contributed by atoms with Gasteiger partial charge in [0.25, 0.3) is 0 Å². The topological polar surface area (TPSA) is 79.2 Å². The summed E-state index contributed by atoms with van der Waals surface area (Å²) in [4.78, 5) is 12.3. The molecule has 1 heterocycles. The average molecular weight is 393 g/mol. The van der Waals surface area contributed by atoms with Gasteiger partial charge in [-0.15, -0.1) is 0 Å². The Balaban J connectivity index is 1.51. The minimum Gasteiger partial charge on any atom is -0.508 e. The molecule has 29 heavy (non-hydrogen) atoms. The number of aromatic hydroxyl groups is 1. The third-order valence-corrected chi connectivity index (χ3v) is 5.05. The quantitative estimate of drug-likeness (QED) is 0.568. The molecule has 152 valence electrons. The second-order valence-electron chi connectivity index (χ2n) is 7.33. The fraction of sp³-hybridized carbons (Fsp3) is 0.304. The molecule has 3 aromatic rings. The number of amides is 2. The van der Waals surface area contributed by atoms with Gasteiger partial charge >= 0.3 is 6.03 Å². The Kier molecular flexibility index (Phi) is 6.54. The second-order valence-corrected chi connectivity index (χ2v) is 7.33. The van der Waals surface area contributed by atoms with E-state index in [4.69, 9.17) is 0 Å². The van der Waals surface area contributed by atoms with E-state index in [1.54, 1.807) is 12.1 Å². The van der Waals surface area contributed by atoms with Crippen LogP contribution in [0.5, 0.6) is 5.75 Å². The number of rotatable bonds is 7. The van der Waals surface area contributed by atoms with E-state index < -0.39 is 0 Å². The Morgan fingerprint density at radius 3 is 2.48 bits per heavy atom. The number of nitrogens with one attached hydrogen (secondary N) is 2. The number of aryl methyl sites for hydroxylation is 2. The standard InChI is InChI=1S/C23H28N4O2/c1-16(9-10-19-11-13-21(28)14-12-19)25-23(29)24-15-22-17(2)26-27(18(22)3)20-7-5-4-6-8-20/h4-8,11-14,16,28H,9-10,15H2,1-3H3,(H2,24,25,29)/t16-/m0/s1. The van der Waals surface area contributed by atoms with Crippen LogP contribution in [0.15, 0.2) is 54.6 Å². The van der Waals surface area contributed by atoms with Gasteiger partial charge in [0.1, 0.15) is 5.75 Å². The number of nitrogens with zero attached hydrogens (tertiary/aromatic N) is 2. The van der Waals surface area contributed by atoms with Crippen LogP contribution < -0.4 is 10.6 Å². The molecule has 0 saturated carbocycles. The zero-order valence-electron chi connectivity index (χ0n) is 17.1. The molecule has 2 aromatic carbocycles. The van der Waals surface area contributed by atoms with Crippen LogP contribution in [-0.2, 0) is 13.0 Å². The maximum Gasteiger partial charge on any atom is 0.315 e. The van der Waals surface area contributed by atoms with Crippen molar-refractivity contribution in [2.45, 2.75) is 46.2 Å². The van der Waals surface area contributed by atoms with Gasteiger partial charge in [-0.25, -0.2) is 9.48 Å². The van der Waals surface area contributed by atoms with Crippen LogP contribution in [0.3, 0.4) is 0 Å². The van der Waals surface area contributed by atoms with E-state index in [-0.39, 0.29) is 17.8 Å². The fourth-order valence-corrected chi connectivity index (χ4v) is 3.31. The summed E-state index contributed by atoms with van der Waals surface area (Å²) in [6, 6.07) is 17.0. The monoisotopic (exact) mass is 392 g/mol. The van der Waals surface area contributed by atoms with Crippen LogP contribution in [0.1, 0.15) is 35.9 Å². The number of carbonyl (C=O) groups is 1. The summed E-state index contributed by atoms with van der Waals surface area (Å²) in [6.07, 6.45) is 1.66. The molecule has 0 unspecified atom stereocenters. The van der Waals surface area contributed by atoms with Crippen molar-refractivity contribution < 1.29 is 9.90 Å². The predicted octanol–water partition coefficient (Wildman–Crippen LogP) is 4.02. The molecule has 2 amide bonds. The molecule has 3 N–H and O–H groups in total. The van der Waals surface area contributed by atoms with Crippen molar-refractivity contribution in [3.63, 3.8) is 0 Å². The molecule has 6 nitrogen and oxygen atoms in total. The molecule has 0 aliphatic rings. The summed E-state index contributed by atoms with van der Waals surface area (Å²) in [5.74, 6) is 0.264. The molecule has 3 rings (SSSR count). The van der Waals surface area contributed by atoms with Crippen molar-refractivity contribution in [3.8, 4) is 11.4 Å². The number of urea groups is 1. The molecule has 0 bridgehead atoms. The highest BCUT2D eigenvalue weighted by Crippen LogP contribution is 2.17.